The fourth-order valence-electron chi connectivity index (χ4n) is 0.699. The van der Waals surface area contributed by atoms with Gasteiger partial charge in [-0.3, -0.25) is 9.59 Å². The first-order valence-electron chi connectivity index (χ1n) is 4.23. The monoisotopic (exact) mass is 230 g/mol. The third kappa shape index (κ3) is 6.82. The van der Waals surface area contributed by atoms with E-state index in [1.54, 1.807) is 0 Å². The van der Waals surface area contributed by atoms with E-state index in [2.05, 4.69) is 16.0 Å². The molecule has 5 nitrogen and oxygen atoms in total. The SMILES string of the molecule is C#CCNC(=O)CSCC(N)C(=O)OC. The van der Waals surface area contributed by atoms with Gasteiger partial charge in [0.1, 0.15) is 6.04 Å². The summed E-state index contributed by atoms with van der Waals surface area (Å²) in [6, 6.07) is -0.694. The molecule has 0 fully saturated rings. The summed E-state index contributed by atoms with van der Waals surface area (Å²) >= 11 is 1.26. The number of carbonyl (C=O) groups excluding carboxylic acids is 2. The van der Waals surface area contributed by atoms with Crippen molar-refractivity contribution in [2.24, 2.45) is 5.73 Å². The number of nitrogens with two attached hydrogens (primary N) is 1. The third-order valence-corrected chi connectivity index (χ3v) is 2.48. The summed E-state index contributed by atoms with van der Waals surface area (Å²) in [5.74, 6) is 2.21. The number of thioether (sulfide) groups is 1. The first-order chi connectivity index (χ1) is 7.11. The summed E-state index contributed by atoms with van der Waals surface area (Å²) in [6.45, 7) is 0.211. The van der Waals surface area contributed by atoms with E-state index in [0.29, 0.717) is 5.75 Å². The lowest BCUT2D eigenvalue weighted by molar-refractivity contribution is -0.141. The van der Waals surface area contributed by atoms with Crippen LogP contribution in [0.3, 0.4) is 0 Å². The number of hydrogen-bond acceptors (Lipinski definition) is 5. The van der Waals surface area contributed by atoms with Gasteiger partial charge in [0, 0.05) is 5.75 Å². The lowest BCUT2D eigenvalue weighted by Crippen LogP contribution is -2.34. The van der Waals surface area contributed by atoms with Crippen LogP contribution < -0.4 is 11.1 Å². The zero-order valence-electron chi connectivity index (χ0n) is 8.49. The molecule has 0 aliphatic rings. The predicted octanol–water partition coefficient (Wildman–Crippen LogP) is -1.03. The van der Waals surface area contributed by atoms with Crippen molar-refractivity contribution in [1.82, 2.24) is 5.32 Å². The van der Waals surface area contributed by atoms with Gasteiger partial charge >= 0.3 is 5.97 Å². The van der Waals surface area contributed by atoms with Crippen molar-refractivity contribution < 1.29 is 14.3 Å². The highest BCUT2D eigenvalue weighted by atomic mass is 32.2. The Morgan fingerprint density at radius 3 is 2.87 bits per heavy atom. The largest absolute Gasteiger partial charge is 0.468 e. The van der Waals surface area contributed by atoms with Crippen LogP contribution in [-0.2, 0) is 14.3 Å². The van der Waals surface area contributed by atoms with Gasteiger partial charge in [0.2, 0.25) is 5.91 Å². The molecular formula is C9H14N2O3S. The zero-order valence-corrected chi connectivity index (χ0v) is 9.30. The molecule has 0 saturated heterocycles. The Bertz CT molecular complexity index is 263. The lowest BCUT2D eigenvalue weighted by Gasteiger charge is -2.08. The quantitative estimate of drug-likeness (QED) is 0.450. The highest BCUT2D eigenvalue weighted by Crippen LogP contribution is 2.02. The number of terminal acetylenes is 1. The Kier molecular flexibility index (Phi) is 7.50. The molecule has 0 saturated carbocycles. The number of carbonyl (C=O) groups is 2. The van der Waals surface area contributed by atoms with Crippen LogP contribution in [0.15, 0.2) is 0 Å². The molecule has 0 bridgehead atoms. The van der Waals surface area contributed by atoms with Gasteiger partial charge in [-0.1, -0.05) is 5.92 Å². The number of methoxy groups -OCH3 is 1. The van der Waals surface area contributed by atoms with E-state index < -0.39 is 12.0 Å². The van der Waals surface area contributed by atoms with Crippen molar-refractivity contribution in [1.29, 1.82) is 0 Å². The van der Waals surface area contributed by atoms with Crippen molar-refractivity contribution >= 4 is 23.6 Å². The number of rotatable bonds is 6. The number of amides is 1. The molecule has 84 valence electrons. The second-order valence-electron chi connectivity index (χ2n) is 2.63. The van der Waals surface area contributed by atoms with Crippen LogP contribution >= 0.6 is 11.8 Å². The van der Waals surface area contributed by atoms with Crippen LogP contribution in [0.4, 0.5) is 0 Å². The van der Waals surface area contributed by atoms with Crippen LogP contribution in [0.2, 0.25) is 0 Å². The maximum atomic E-state index is 11.0. The van der Waals surface area contributed by atoms with Crippen LogP contribution in [0.1, 0.15) is 0 Å². The van der Waals surface area contributed by atoms with E-state index in [-0.39, 0.29) is 18.2 Å². The van der Waals surface area contributed by atoms with Gasteiger partial charge < -0.3 is 15.8 Å². The molecule has 0 aliphatic carbocycles. The second kappa shape index (κ2) is 8.15. The fourth-order valence-corrected chi connectivity index (χ4v) is 1.49. The topological polar surface area (TPSA) is 81.4 Å². The zero-order chi connectivity index (χ0) is 11.7. The second-order valence-corrected chi connectivity index (χ2v) is 3.66. The molecule has 0 radical (unpaired) electrons. The Morgan fingerprint density at radius 1 is 1.67 bits per heavy atom. The molecule has 1 unspecified atom stereocenters. The highest BCUT2D eigenvalue weighted by Gasteiger charge is 2.13. The minimum Gasteiger partial charge on any atom is -0.468 e. The normalized spacial score (nSPS) is 11.3. The lowest BCUT2D eigenvalue weighted by atomic mass is 10.4. The standard InChI is InChI=1S/C9H14N2O3S/c1-3-4-11-8(12)6-15-5-7(10)9(13)14-2/h1,7H,4-6,10H2,2H3,(H,11,12). The summed E-state index contributed by atoms with van der Waals surface area (Å²) in [7, 11) is 1.27. The molecule has 0 aliphatic heterocycles. The highest BCUT2D eigenvalue weighted by molar-refractivity contribution is 8.00. The Balaban J connectivity index is 3.57. The Morgan fingerprint density at radius 2 is 2.33 bits per heavy atom. The predicted molar refractivity (Wildman–Crippen MR) is 59.2 cm³/mol. The van der Waals surface area contributed by atoms with E-state index in [1.165, 1.54) is 18.9 Å². The smallest absolute Gasteiger partial charge is 0.323 e. The summed E-state index contributed by atoms with van der Waals surface area (Å²) < 4.78 is 4.43. The van der Waals surface area contributed by atoms with Crippen molar-refractivity contribution in [2.45, 2.75) is 6.04 Å². The van der Waals surface area contributed by atoms with E-state index in [4.69, 9.17) is 12.2 Å². The molecule has 0 rings (SSSR count). The van der Waals surface area contributed by atoms with Gasteiger partial charge in [-0.15, -0.1) is 18.2 Å². The molecule has 0 spiro atoms. The molecular weight excluding hydrogens is 216 g/mol. The number of ether oxygens (including phenoxy) is 1. The molecule has 3 N–H and O–H groups in total. The molecule has 0 aromatic carbocycles. The van der Waals surface area contributed by atoms with Crippen LogP contribution in [0.5, 0.6) is 0 Å². The third-order valence-electron chi connectivity index (χ3n) is 1.42. The average Bonchev–Trinajstić information content (AvgIpc) is 2.24. The van der Waals surface area contributed by atoms with Gasteiger partial charge in [0.15, 0.2) is 0 Å². The summed E-state index contributed by atoms with van der Waals surface area (Å²) in [5.41, 5.74) is 5.45. The molecule has 15 heavy (non-hydrogen) atoms. The van der Waals surface area contributed by atoms with E-state index >= 15 is 0 Å². The average molecular weight is 230 g/mol. The van der Waals surface area contributed by atoms with Gasteiger partial charge in [-0.2, -0.15) is 0 Å². The maximum Gasteiger partial charge on any atom is 0.323 e. The maximum absolute atomic E-state index is 11.0. The van der Waals surface area contributed by atoms with Crippen LogP contribution in [0.25, 0.3) is 0 Å². The minimum absolute atomic E-state index is 0.171. The first-order valence-corrected chi connectivity index (χ1v) is 5.38. The summed E-state index contributed by atoms with van der Waals surface area (Å²) in [5, 5.41) is 2.50. The Hall–Kier alpha value is -1.19. The van der Waals surface area contributed by atoms with Crippen molar-refractivity contribution in [2.75, 3.05) is 25.2 Å². The van der Waals surface area contributed by atoms with Gasteiger partial charge in [0.25, 0.3) is 0 Å². The molecule has 6 heteroatoms. The van der Waals surface area contributed by atoms with Crippen molar-refractivity contribution in [3.05, 3.63) is 0 Å². The van der Waals surface area contributed by atoms with Gasteiger partial charge in [-0.25, -0.2) is 0 Å². The van der Waals surface area contributed by atoms with E-state index in [1.807, 2.05) is 0 Å². The molecule has 0 aromatic rings. The van der Waals surface area contributed by atoms with E-state index in [9.17, 15) is 9.59 Å². The number of esters is 1. The van der Waals surface area contributed by atoms with E-state index in [0.717, 1.165) is 0 Å². The number of hydrogen-bond donors (Lipinski definition) is 2. The molecule has 1 atom stereocenters. The van der Waals surface area contributed by atoms with Gasteiger partial charge in [-0.05, 0) is 0 Å². The summed E-state index contributed by atoms with van der Waals surface area (Å²) in [4.78, 5) is 21.9. The molecule has 0 aromatic heterocycles. The van der Waals surface area contributed by atoms with Crippen LogP contribution in [0, 0.1) is 12.3 Å². The number of nitrogens with one attached hydrogen (secondary N) is 1. The van der Waals surface area contributed by atoms with Crippen molar-refractivity contribution in [3.8, 4) is 12.3 Å². The van der Waals surface area contributed by atoms with Crippen molar-refractivity contribution in [3.63, 3.8) is 0 Å². The van der Waals surface area contributed by atoms with Gasteiger partial charge in [0.05, 0.1) is 19.4 Å². The first kappa shape index (κ1) is 13.8. The minimum atomic E-state index is -0.694. The Labute approximate surface area is 93.1 Å². The fraction of sp³-hybridized carbons (Fsp3) is 0.556. The summed E-state index contributed by atoms with van der Waals surface area (Å²) in [6.07, 6.45) is 4.96. The van der Waals surface area contributed by atoms with Crippen LogP contribution in [-0.4, -0.2) is 43.1 Å². The molecule has 1 amide bonds. The molecule has 0 heterocycles.